The van der Waals surface area contributed by atoms with Crippen LogP contribution in [-0.2, 0) is 23.0 Å². The van der Waals surface area contributed by atoms with E-state index in [0.29, 0.717) is 40.9 Å². The molecule has 1 amide bonds. The van der Waals surface area contributed by atoms with Crippen LogP contribution in [0.2, 0.25) is 0 Å². The molecule has 0 saturated carbocycles. The van der Waals surface area contributed by atoms with Crippen LogP contribution in [0.4, 0.5) is 5.13 Å². The van der Waals surface area contributed by atoms with Gasteiger partial charge in [0.25, 0.3) is 5.91 Å². The lowest BCUT2D eigenvalue weighted by atomic mass is 10.1. The number of anilines is 1. The maximum Gasteiger partial charge on any atom is 0.275 e. The number of amides is 1. The average Bonchev–Trinajstić information content (AvgIpc) is 3.44. The summed E-state index contributed by atoms with van der Waals surface area (Å²) in [7, 11) is -0.213. The number of rotatable bonds is 7. The lowest BCUT2D eigenvalue weighted by Gasteiger charge is -2.26. The number of fused-ring (bicyclic) bond motifs is 1. The van der Waals surface area contributed by atoms with Gasteiger partial charge >= 0.3 is 0 Å². The van der Waals surface area contributed by atoms with Gasteiger partial charge in [-0.05, 0) is 38.1 Å². The molecule has 1 aliphatic heterocycles. The van der Waals surface area contributed by atoms with Crippen molar-refractivity contribution in [3.05, 3.63) is 40.5 Å². The molecule has 176 valence electrons. The van der Waals surface area contributed by atoms with E-state index in [9.17, 15) is 13.2 Å². The highest BCUT2D eigenvalue weighted by Gasteiger charge is 2.31. The molecule has 0 atom stereocenters. The standard InChI is InChI=1S/C21H25N5O5S2/c1-12(2)33(28,29)26-8-7-15-19(11-26)32-21(22-15)23-20(27)17-10-16(24-25-17)14-9-13(30-3)5-6-18(14)31-4/h5-6,9-10,12H,7-8,11H2,1-4H3,(H,24,25)(H,22,23,27). The van der Waals surface area contributed by atoms with E-state index in [1.165, 1.54) is 15.6 Å². The van der Waals surface area contributed by atoms with Crippen molar-refractivity contribution in [3.8, 4) is 22.8 Å². The molecule has 2 aromatic heterocycles. The fourth-order valence-corrected chi connectivity index (χ4v) is 5.85. The summed E-state index contributed by atoms with van der Waals surface area (Å²) < 4.78 is 37.1. The minimum atomic E-state index is -3.34. The van der Waals surface area contributed by atoms with Gasteiger partial charge in [0.05, 0.1) is 30.9 Å². The second kappa shape index (κ2) is 9.12. The minimum absolute atomic E-state index is 0.257. The number of thiazole rings is 1. The first-order chi connectivity index (χ1) is 15.7. The summed E-state index contributed by atoms with van der Waals surface area (Å²) in [5.41, 5.74) is 2.29. The molecule has 10 nitrogen and oxygen atoms in total. The molecule has 0 saturated heterocycles. The van der Waals surface area contributed by atoms with Crippen molar-refractivity contribution in [2.75, 3.05) is 26.1 Å². The number of hydrogen-bond donors (Lipinski definition) is 2. The minimum Gasteiger partial charge on any atom is -0.497 e. The molecule has 0 bridgehead atoms. The maximum absolute atomic E-state index is 12.8. The first-order valence-corrected chi connectivity index (χ1v) is 12.6. The molecular formula is C21H25N5O5S2. The quantitative estimate of drug-likeness (QED) is 0.520. The number of H-pyrrole nitrogens is 1. The van der Waals surface area contributed by atoms with Crippen molar-refractivity contribution in [2.24, 2.45) is 0 Å². The summed E-state index contributed by atoms with van der Waals surface area (Å²) >= 11 is 1.28. The third-order valence-electron chi connectivity index (χ3n) is 5.38. The Balaban J connectivity index is 1.50. The Kier molecular flexibility index (Phi) is 6.41. The first-order valence-electron chi connectivity index (χ1n) is 10.3. The zero-order chi connectivity index (χ0) is 23.8. The molecule has 0 fully saturated rings. The number of carbonyl (C=O) groups is 1. The van der Waals surface area contributed by atoms with E-state index in [1.807, 2.05) is 0 Å². The van der Waals surface area contributed by atoms with Crippen LogP contribution in [0, 0.1) is 0 Å². The Bertz CT molecular complexity index is 1280. The number of benzene rings is 1. The fraction of sp³-hybridized carbons (Fsp3) is 0.381. The predicted octanol–water partition coefficient (Wildman–Crippen LogP) is 2.90. The second-order valence-corrected chi connectivity index (χ2v) is 11.3. The molecule has 33 heavy (non-hydrogen) atoms. The van der Waals surface area contributed by atoms with Crippen LogP contribution in [0.25, 0.3) is 11.3 Å². The van der Waals surface area contributed by atoms with Gasteiger partial charge < -0.3 is 9.47 Å². The van der Waals surface area contributed by atoms with Gasteiger partial charge in [-0.15, -0.1) is 11.3 Å². The van der Waals surface area contributed by atoms with Crippen LogP contribution in [0.15, 0.2) is 24.3 Å². The Labute approximate surface area is 196 Å². The summed E-state index contributed by atoms with van der Waals surface area (Å²) in [6.07, 6.45) is 0.511. The molecule has 3 heterocycles. The number of carbonyl (C=O) groups excluding carboxylic acids is 1. The van der Waals surface area contributed by atoms with E-state index in [1.54, 1.807) is 52.3 Å². The van der Waals surface area contributed by atoms with Crippen LogP contribution in [0.1, 0.15) is 34.9 Å². The number of hydrogen-bond acceptors (Lipinski definition) is 8. The van der Waals surface area contributed by atoms with Crippen molar-refractivity contribution < 1.29 is 22.7 Å². The first kappa shape index (κ1) is 23.2. The number of aromatic nitrogens is 3. The van der Waals surface area contributed by atoms with Crippen molar-refractivity contribution >= 4 is 32.4 Å². The Morgan fingerprint density at radius 1 is 1.24 bits per heavy atom. The molecule has 0 aliphatic carbocycles. The molecular weight excluding hydrogens is 466 g/mol. The van der Waals surface area contributed by atoms with E-state index >= 15 is 0 Å². The summed E-state index contributed by atoms with van der Waals surface area (Å²) in [5.74, 6) is 0.845. The van der Waals surface area contributed by atoms with Crippen molar-refractivity contribution in [2.45, 2.75) is 32.1 Å². The maximum atomic E-state index is 12.8. The third-order valence-corrected chi connectivity index (χ3v) is 8.60. The number of aromatic amines is 1. The fourth-order valence-electron chi connectivity index (χ4n) is 3.50. The molecule has 3 aromatic rings. The Morgan fingerprint density at radius 3 is 2.73 bits per heavy atom. The number of methoxy groups -OCH3 is 2. The number of sulfonamides is 1. The summed E-state index contributed by atoms with van der Waals surface area (Å²) in [4.78, 5) is 18.1. The molecule has 2 N–H and O–H groups in total. The normalized spacial score (nSPS) is 14.2. The van der Waals surface area contributed by atoms with Crippen molar-refractivity contribution in [3.63, 3.8) is 0 Å². The number of nitrogens with zero attached hydrogens (tertiary/aromatic N) is 3. The summed E-state index contributed by atoms with van der Waals surface area (Å²) in [5, 5.41) is 9.70. The monoisotopic (exact) mass is 491 g/mol. The van der Waals surface area contributed by atoms with Crippen molar-refractivity contribution in [1.82, 2.24) is 19.5 Å². The molecule has 4 rings (SSSR count). The zero-order valence-corrected chi connectivity index (χ0v) is 20.3. The second-order valence-electron chi connectivity index (χ2n) is 7.75. The van der Waals surface area contributed by atoms with Crippen LogP contribution >= 0.6 is 11.3 Å². The molecule has 0 radical (unpaired) electrons. The van der Waals surface area contributed by atoms with Crippen LogP contribution in [-0.4, -0.2) is 59.8 Å². The number of nitrogens with one attached hydrogen (secondary N) is 2. The lowest BCUT2D eigenvalue weighted by molar-refractivity contribution is 0.102. The molecule has 0 unspecified atom stereocenters. The third kappa shape index (κ3) is 4.59. The van der Waals surface area contributed by atoms with E-state index in [-0.39, 0.29) is 12.2 Å². The molecule has 12 heteroatoms. The molecule has 1 aromatic carbocycles. The number of ether oxygens (including phenoxy) is 2. The SMILES string of the molecule is COc1ccc(OC)c(-c2cc(C(=O)Nc3nc4c(s3)CN(S(=O)(=O)C(C)C)CC4)[nH]n2)c1. The summed E-state index contributed by atoms with van der Waals surface area (Å²) in [6.45, 7) is 4.00. The van der Waals surface area contributed by atoms with E-state index in [2.05, 4.69) is 20.5 Å². The smallest absolute Gasteiger partial charge is 0.275 e. The van der Waals surface area contributed by atoms with Crippen molar-refractivity contribution in [1.29, 1.82) is 0 Å². The topological polar surface area (TPSA) is 127 Å². The Morgan fingerprint density at radius 2 is 2.03 bits per heavy atom. The average molecular weight is 492 g/mol. The molecule has 1 aliphatic rings. The van der Waals surface area contributed by atoms with Gasteiger partial charge in [-0.3, -0.25) is 15.2 Å². The lowest BCUT2D eigenvalue weighted by Crippen LogP contribution is -2.39. The Hall–Kier alpha value is -2.96. The van der Waals surface area contributed by atoms with E-state index in [4.69, 9.17) is 9.47 Å². The van der Waals surface area contributed by atoms with Crippen LogP contribution in [0.3, 0.4) is 0 Å². The molecule has 0 spiro atoms. The zero-order valence-electron chi connectivity index (χ0n) is 18.7. The van der Waals surface area contributed by atoms with Gasteiger partial charge in [-0.25, -0.2) is 13.4 Å². The highest BCUT2D eigenvalue weighted by Crippen LogP contribution is 2.33. The van der Waals surface area contributed by atoms with Gasteiger partial charge in [0.2, 0.25) is 10.0 Å². The van der Waals surface area contributed by atoms with Gasteiger partial charge in [-0.1, -0.05) is 0 Å². The highest BCUT2D eigenvalue weighted by atomic mass is 32.2. The van der Waals surface area contributed by atoms with Crippen LogP contribution in [0.5, 0.6) is 11.5 Å². The van der Waals surface area contributed by atoms with Gasteiger partial charge in [0, 0.05) is 30.0 Å². The predicted molar refractivity (Wildman–Crippen MR) is 125 cm³/mol. The van der Waals surface area contributed by atoms with Gasteiger partial charge in [-0.2, -0.15) is 9.40 Å². The summed E-state index contributed by atoms with van der Waals surface area (Å²) in [6, 6.07) is 6.95. The van der Waals surface area contributed by atoms with E-state index in [0.717, 1.165) is 10.6 Å². The van der Waals surface area contributed by atoms with Gasteiger partial charge in [0.1, 0.15) is 17.2 Å². The van der Waals surface area contributed by atoms with Crippen LogP contribution < -0.4 is 14.8 Å². The van der Waals surface area contributed by atoms with E-state index < -0.39 is 21.2 Å². The van der Waals surface area contributed by atoms with Gasteiger partial charge in [0.15, 0.2) is 5.13 Å². The largest absolute Gasteiger partial charge is 0.497 e. The highest BCUT2D eigenvalue weighted by molar-refractivity contribution is 7.89.